The Hall–Kier alpha value is -1.34. The fourth-order valence-electron chi connectivity index (χ4n) is 2.29. The van der Waals surface area contributed by atoms with Gasteiger partial charge in [0.05, 0.1) is 11.5 Å². The number of halogens is 2. The Labute approximate surface area is 116 Å². The van der Waals surface area contributed by atoms with Gasteiger partial charge < -0.3 is 5.32 Å². The molecule has 0 saturated carbocycles. The van der Waals surface area contributed by atoms with E-state index in [2.05, 4.69) is 5.32 Å². The first-order valence-corrected chi connectivity index (χ1v) is 8.07. The normalized spacial score (nSPS) is 21.6. The van der Waals surface area contributed by atoms with Gasteiger partial charge in [0.1, 0.15) is 17.4 Å². The number of sulfone groups is 1. The van der Waals surface area contributed by atoms with Crippen LogP contribution in [0.5, 0.6) is 0 Å². The summed E-state index contributed by atoms with van der Waals surface area (Å²) in [6, 6.07) is 2.53. The van der Waals surface area contributed by atoms with Crippen LogP contribution in [-0.2, 0) is 21.1 Å². The monoisotopic (exact) mass is 303 g/mol. The molecule has 4 nitrogen and oxygen atoms in total. The fraction of sp³-hybridized carbons (Fsp3) is 0.462. The largest absolute Gasteiger partial charge is 0.312 e. The SMILES string of the molecule is O=C(Cc1cc(F)cc(F)c1)CC1CS(=O)(=O)CCN1. The van der Waals surface area contributed by atoms with Crippen molar-refractivity contribution in [2.75, 3.05) is 18.1 Å². The molecule has 1 aromatic rings. The first kappa shape index (κ1) is 15.1. The minimum atomic E-state index is -3.10. The second kappa shape index (κ2) is 5.97. The number of hydrogen-bond acceptors (Lipinski definition) is 4. The summed E-state index contributed by atoms with van der Waals surface area (Å²) in [5.41, 5.74) is 0.256. The molecule has 1 N–H and O–H groups in total. The fourth-order valence-corrected chi connectivity index (χ4v) is 3.73. The molecule has 2 rings (SSSR count). The van der Waals surface area contributed by atoms with Gasteiger partial charge in [-0.1, -0.05) is 0 Å². The summed E-state index contributed by atoms with van der Waals surface area (Å²) in [5, 5.41) is 2.97. The average molecular weight is 303 g/mol. The topological polar surface area (TPSA) is 63.2 Å². The molecule has 0 spiro atoms. The van der Waals surface area contributed by atoms with Crippen molar-refractivity contribution in [2.45, 2.75) is 18.9 Å². The van der Waals surface area contributed by atoms with Crippen molar-refractivity contribution >= 4 is 15.6 Å². The zero-order valence-electron chi connectivity index (χ0n) is 10.7. The molecule has 0 amide bonds. The maximum atomic E-state index is 13.0. The molecule has 1 unspecified atom stereocenters. The summed E-state index contributed by atoms with van der Waals surface area (Å²) in [5.74, 6) is -1.70. The predicted molar refractivity (Wildman–Crippen MR) is 70.1 cm³/mol. The number of carbonyl (C=O) groups is 1. The molecule has 0 aromatic heterocycles. The van der Waals surface area contributed by atoms with Crippen LogP contribution >= 0.6 is 0 Å². The number of ketones is 1. The summed E-state index contributed by atoms with van der Waals surface area (Å²) >= 11 is 0. The minimum Gasteiger partial charge on any atom is -0.312 e. The predicted octanol–water partition coefficient (Wildman–Crippen LogP) is 0.853. The Morgan fingerprint density at radius 1 is 1.25 bits per heavy atom. The zero-order chi connectivity index (χ0) is 14.8. The van der Waals surface area contributed by atoms with Crippen molar-refractivity contribution in [1.29, 1.82) is 0 Å². The van der Waals surface area contributed by atoms with E-state index >= 15 is 0 Å². The molecule has 20 heavy (non-hydrogen) atoms. The van der Waals surface area contributed by atoms with Gasteiger partial charge in [0.15, 0.2) is 9.84 Å². The van der Waals surface area contributed by atoms with Gasteiger partial charge >= 0.3 is 0 Å². The third-order valence-corrected chi connectivity index (χ3v) is 4.84. The van der Waals surface area contributed by atoms with Crippen LogP contribution in [0, 0.1) is 11.6 Å². The van der Waals surface area contributed by atoms with E-state index in [4.69, 9.17) is 0 Å². The highest BCUT2D eigenvalue weighted by molar-refractivity contribution is 7.91. The van der Waals surface area contributed by atoms with Crippen molar-refractivity contribution in [3.8, 4) is 0 Å². The number of carbonyl (C=O) groups excluding carboxylic acids is 1. The third-order valence-electron chi connectivity index (χ3n) is 3.10. The lowest BCUT2D eigenvalue weighted by Crippen LogP contribution is -2.46. The summed E-state index contributed by atoms with van der Waals surface area (Å²) in [7, 11) is -3.10. The minimum absolute atomic E-state index is 0.0390. The van der Waals surface area contributed by atoms with Crippen LogP contribution in [0.25, 0.3) is 0 Å². The molecule has 110 valence electrons. The number of benzene rings is 1. The number of rotatable bonds is 4. The van der Waals surface area contributed by atoms with Crippen LogP contribution in [0.15, 0.2) is 18.2 Å². The molecule has 1 aliphatic heterocycles. The van der Waals surface area contributed by atoms with Crippen LogP contribution in [0.2, 0.25) is 0 Å². The van der Waals surface area contributed by atoms with E-state index in [9.17, 15) is 22.0 Å². The van der Waals surface area contributed by atoms with Gasteiger partial charge in [0.2, 0.25) is 0 Å². The highest BCUT2D eigenvalue weighted by Crippen LogP contribution is 2.12. The Balaban J connectivity index is 1.95. The molecule has 0 radical (unpaired) electrons. The van der Waals surface area contributed by atoms with Crippen LogP contribution in [0.1, 0.15) is 12.0 Å². The van der Waals surface area contributed by atoms with Crippen molar-refractivity contribution < 1.29 is 22.0 Å². The zero-order valence-corrected chi connectivity index (χ0v) is 11.6. The second-order valence-electron chi connectivity index (χ2n) is 4.96. The Morgan fingerprint density at radius 2 is 1.90 bits per heavy atom. The maximum absolute atomic E-state index is 13.0. The molecule has 0 bridgehead atoms. The Morgan fingerprint density at radius 3 is 2.50 bits per heavy atom. The van der Waals surface area contributed by atoms with E-state index in [0.29, 0.717) is 6.54 Å². The lowest BCUT2D eigenvalue weighted by molar-refractivity contribution is -0.118. The maximum Gasteiger partial charge on any atom is 0.153 e. The molecule has 1 fully saturated rings. The first-order chi connectivity index (χ1) is 9.34. The van der Waals surface area contributed by atoms with Crippen LogP contribution in [0.3, 0.4) is 0 Å². The summed E-state index contributed by atoms with van der Waals surface area (Å²) in [6.45, 7) is 0.328. The summed E-state index contributed by atoms with van der Waals surface area (Å²) < 4.78 is 48.9. The van der Waals surface area contributed by atoms with E-state index in [1.807, 2.05) is 0 Å². The first-order valence-electron chi connectivity index (χ1n) is 6.24. The molecule has 1 saturated heterocycles. The standard InChI is InChI=1S/C13H15F2NO3S/c14-10-3-9(4-11(15)6-10)5-13(17)7-12-8-20(18,19)2-1-16-12/h3-4,6,12,16H,1-2,5,7-8H2. The number of hydrogen-bond donors (Lipinski definition) is 1. The van der Waals surface area contributed by atoms with Crippen LogP contribution < -0.4 is 5.32 Å². The van der Waals surface area contributed by atoms with Gasteiger partial charge in [-0.15, -0.1) is 0 Å². The van der Waals surface area contributed by atoms with Gasteiger partial charge in [0.25, 0.3) is 0 Å². The van der Waals surface area contributed by atoms with Gasteiger partial charge in [-0.25, -0.2) is 17.2 Å². The van der Waals surface area contributed by atoms with E-state index in [1.165, 1.54) is 0 Å². The van der Waals surface area contributed by atoms with Crippen molar-refractivity contribution in [1.82, 2.24) is 5.32 Å². The molecule has 0 aliphatic carbocycles. The third kappa shape index (κ3) is 4.35. The van der Waals surface area contributed by atoms with E-state index in [-0.39, 0.29) is 35.7 Å². The van der Waals surface area contributed by atoms with Crippen molar-refractivity contribution in [2.24, 2.45) is 0 Å². The van der Waals surface area contributed by atoms with Crippen LogP contribution in [0.4, 0.5) is 8.78 Å². The van der Waals surface area contributed by atoms with Crippen LogP contribution in [-0.4, -0.2) is 38.3 Å². The average Bonchev–Trinajstić information content (AvgIpc) is 2.25. The number of nitrogens with one attached hydrogen (secondary N) is 1. The van der Waals surface area contributed by atoms with E-state index in [0.717, 1.165) is 18.2 Å². The van der Waals surface area contributed by atoms with Gasteiger partial charge in [-0.05, 0) is 17.7 Å². The highest BCUT2D eigenvalue weighted by atomic mass is 32.2. The molecule has 1 atom stereocenters. The molecule has 7 heteroatoms. The molecule has 1 aromatic carbocycles. The smallest absolute Gasteiger partial charge is 0.153 e. The quantitative estimate of drug-likeness (QED) is 0.896. The highest BCUT2D eigenvalue weighted by Gasteiger charge is 2.25. The van der Waals surface area contributed by atoms with Gasteiger partial charge in [0, 0.05) is 31.5 Å². The van der Waals surface area contributed by atoms with E-state index in [1.54, 1.807) is 0 Å². The van der Waals surface area contributed by atoms with Crippen molar-refractivity contribution in [3.63, 3.8) is 0 Å². The van der Waals surface area contributed by atoms with Gasteiger partial charge in [-0.3, -0.25) is 4.79 Å². The number of Topliss-reactive ketones (excluding diaryl/α,β-unsaturated/α-hetero) is 1. The van der Waals surface area contributed by atoms with E-state index < -0.39 is 27.5 Å². The molecular formula is C13H15F2NO3S. The lowest BCUT2D eigenvalue weighted by Gasteiger charge is -2.22. The Kier molecular flexibility index (Phi) is 4.49. The summed E-state index contributed by atoms with van der Waals surface area (Å²) in [4.78, 5) is 11.8. The molecule has 1 aliphatic rings. The van der Waals surface area contributed by atoms with Crippen molar-refractivity contribution in [3.05, 3.63) is 35.4 Å². The molecule has 1 heterocycles. The lowest BCUT2D eigenvalue weighted by atomic mass is 10.0. The second-order valence-corrected chi connectivity index (χ2v) is 7.19. The van der Waals surface area contributed by atoms with Gasteiger partial charge in [-0.2, -0.15) is 0 Å². The summed E-state index contributed by atoms with van der Waals surface area (Å²) in [6.07, 6.45) is -0.0652. The molecular weight excluding hydrogens is 288 g/mol. The Bertz CT molecular complexity index is 596.